The highest BCUT2D eigenvalue weighted by molar-refractivity contribution is 6.27. The first-order valence-electron chi connectivity index (χ1n) is 21.4. The lowest BCUT2D eigenvalue weighted by molar-refractivity contribution is 1.13. The number of aromatic nitrogens is 4. The molecular formula is C59H42N4. The van der Waals surface area contributed by atoms with Gasteiger partial charge >= 0.3 is 0 Å². The molecule has 298 valence electrons. The summed E-state index contributed by atoms with van der Waals surface area (Å²) >= 11 is 0. The highest BCUT2D eigenvalue weighted by Gasteiger charge is 2.19. The van der Waals surface area contributed by atoms with E-state index >= 15 is 0 Å². The van der Waals surface area contributed by atoms with Gasteiger partial charge in [-0.2, -0.15) is 0 Å². The van der Waals surface area contributed by atoms with Crippen molar-refractivity contribution in [3.05, 3.63) is 242 Å². The first-order valence-corrected chi connectivity index (χ1v) is 21.4. The number of nitrogens with zero attached hydrogens (tertiary/aromatic N) is 4. The van der Waals surface area contributed by atoms with E-state index < -0.39 is 0 Å². The van der Waals surface area contributed by atoms with Gasteiger partial charge in [-0.25, -0.2) is 9.97 Å². The molecule has 0 unspecified atom stereocenters. The van der Waals surface area contributed by atoms with Gasteiger partial charge in [-0.1, -0.05) is 181 Å². The second-order valence-corrected chi connectivity index (χ2v) is 15.9. The SMILES string of the molecule is Cc1ccccc1.c1ccc(-c2cc(-c3ccccc3)nc(-c3cccc(-c4ccc(-n5c6ccccc6c6c7c(ccc8ccn(-c9ccccc9)c87)ccc65)cc4)c3)n2)cc1. The van der Waals surface area contributed by atoms with Gasteiger partial charge in [-0.15, -0.1) is 0 Å². The maximum absolute atomic E-state index is 5.08. The monoisotopic (exact) mass is 806 g/mol. The Morgan fingerprint density at radius 2 is 0.937 bits per heavy atom. The van der Waals surface area contributed by atoms with Crippen LogP contribution in [-0.4, -0.2) is 19.1 Å². The summed E-state index contributed by atoms with van der Waals surface area (Å²) in [6, 6.07) is 81.2. The summed E-state index contributed by atoms with van der Waals surface area (Å²) in [6.45, 7) is 2.08. The Morgan fingerprint density at radius 3 is 1.60 bits per heavy atom. The molecule has 4 nitrogen and oxygen atoms in total. The summed E-state index contributed by atoms with van der Waals surface area (Å²) in [6.07, 6.45) is 2.19. The van der Waals surface area contributed by atoms with Gasteiger partial charge in [0.1, 0.15) is 0 Å². The van der Waals surface area contributed by atoms with Crippen LogP contribution < -0.4 is 0 Å². The van der Waals surface area contributed by atoms with Crippen molar-refractivity contribution in [1.29, 1.82) is 0 Å². The zero-order valence-electron chi connectivity index (χ0n) is 34.8. The first kappa shape index (κ1) is 37.6. The van der Waals surface area contributed by atoms with Gasteiger partial charge in [0.15, 0.2) is 5.82 Å². The molecular weight excluding hydrogens is 765 g/mol. The summed E-state index contributed by atoms with van der Waals surface area (Å²) in [5, 5.41) is 6.24. The largest absolute Gasteiger partial charge is 0.316 e. The van der Waals surface area contributed by atoms with Crippen LogP contribution in [0.25, 0.3) is 99.9 Å². The van der Waals surface area contributed by atoms with Crippen LogP contribution in [-0.2, 0) is 0 Å². The minimum Gasteiger partial charge on any atom is -0.316 e. The molecule has 0 bridgehead atoms. The molecule has 0 aliphatic rings. The molecule has 12 aromatic rings. The van der Waals surface area contributed by atoms with Gasteiger partial charge in [0, 0.05) is 55.8 Å². The predicted octanol–water partition coefficient (Wildman–Crippen LogP) is 15.3. The smallest absolute Gasteiger partial charge is 0.160 e. The Labute approximate surface area is 366 Å². The normalized spacial score (nSPS) is 11.3. The van der Waals surface area contributed by atoms with Crippen molar-refractivity contribution in [2.75, 3.05) is 0 Å². The molecule has 0 spiro atoms. The second kappa shape index (κ2) is 16.3. The van der Waals surface area contributed by atoms with Crippen LogP contribution in [0.5, 0.6) is 0 Å². The van der Waals surface area contributed by atoms with Gasteiger partial charge in [0.05, 0.1) is 27.9 Å². The van der Waals surface area contributed by atoms with Crippen LogP contribution in [0, 0.1) is 6.92 Å². The molecule has 0 aliphatic carbocycles. The van der Waals surface area contributed by atoms with Crippen LogP contribution in [0.1, 0.15) is 5.56 Å². The van der Waals surface area contributed by atoms with E-state index in [0.29, 0.717) is 5.82 Å². The van der Waals surface area contributed by atoms with Crippen molar-refractivity contribution in [2.24, 2.45) is 0 Å². The Hall–Kier alpha value is -8.34. The lowest BCUT2D eigenvalue weighted by atomic mass is 10.0. The Balaban J connectivity index is 0.000000581. The van der Waals surface area contributed by atoms with Crippen molar-refractivity contribution < 1.29 is 0 Å². The third-order valence-corrected chi connectivity index (χ3v) is 11.9. The average molecular weight is 807 g/mol. The Kier molecular flexibility index (Phi) is 9.72. The van der Waals surface area contributed by atoms with E-state index in [0.717, 1.165) is 50.6 Å². The molecule has 0 fully saturated rings. The average Bonchev–Trinajstić information content (AvgIpc) is 3.95. The summed E-state index contributed by atoms with van der Waals surface area (Å²) in [5.41, 5.74) is 14.3. The number of aryl methyl sites for hydroxylation is 1. The Morgan fingerprint density at radius 1 is 0.365 bits per heavy atom. The zero-order valence-corrected chi connectivity index (χ0v) is 34.8. The number of hydrogen-bond acceptors (Lipinski definition) is 2. The summed E-state index contributed by atoms with van der Waals surface area (Å²) < 4.78 is 4.74. The quantitative estimate of drug-likeness (QED) is 0.168. The number of para-hydroxylation sites is 2. The molecule has 9 aromatic carbocycles. The fraction of sp³-hybridized carbons (Fsp3) is 0.0169. The third-order valence-electron chi connectivity index (χ3n) is 11.9. The molecule has 0 atom stereocenters. The fourth-order valence-electron chi connectivity index (χ4n) is 8.84. The van der Waals surface area contributed by atoms with Gasteiger partial charge < -0.3 is 9.13 Å². The van der Waals surface area contributed by atoms with Crippen molar-refractivity contribution in [3.63, 3.8) is 0 Å². The van der Waals surface area contributed by atoms with Crippen LogP contribution in [0.4, 0.5) is 0 Å². The molecule has 0 saturated heterocycles. The van der Waals surface area contributed by atoms with Gasteiger partial charge in [-0.3, -0.25) is 0 Å². The topological polar surface area (TPSA) is 35.6 Å². The lowest BCUT2D eigenvalue weighted by Crippen LogP contribution is -1.96. The molecule has 12 rings (SSSR count). The predicted molar refractivity (Wildman–Crippen MR) is 264 cm³/mol. The van der Waals surface area contributed by atoms with E-state index in [1.165, 1.54) is 49.0 Å². The number of rotatable bonds is 6. The van der Waals surface area contributed by atoms with Crippen molar-refractivity contribution in [2.45, 2.75) is 6.92 Å². The zero-order chi connectivity index (χ0) is 42.1. The van der Waals surface area contributed by atoms with E-state index in [1.807, 2.05) is 54.6 Å². The molecule has 0 radical (unpaired) electrons. The fourth-order valence-corrected chi connectivity index (χ4v) is 8.84. The van der Waals surface area contributed by atoms with E-state index in [-0.39, 0.29) is 0 Å². The molecule has 0 aliphatic heterocycles. The first-order chi connectivity index (χ1) is 31.2. The lowest BCUT2D eigenvalue weighted by Gasteiger charge is -2.12. The van der Waals surface area contributed by atoms with Crippen LogP contribution >= 0.6 is 0 Å². The summed E-state index contributed by atoms with van der Waals surface area (Å²) in [5.74, 6) is 0.702. The number of benzene rings is 9. The molecule has 3 aromatic heterocycles. The van der Waals surface area contributed by atoms with E-state index in [2.05, 4.69) is 198 Å². The van der Waals surface area contributed by atoms with E-state index in [4.69, 9.17) is 9.97 Å². The highest BCUT2D eigenvalue weighted by atomic mass is 15.0. The van der Waals surface area contributed by atoms with E-state index in [1.54, 1.807) is 0 Å². The maximum Gasteiger partial charge on any atom is 0.160 e. The molecule has 63 heavy (non-hydrogen) atoms. The molecule has 0 N–H and O–H groups in total. The third kappa shape index (κ3) is 7.14. The van der Waals surface area contributed by atoms with E-state index in [9.17, 15) is 0 Å². The maximum atomic E-state index is 5.08. The summed E-state index contributed by atoms with van der Waals surface area (Å²) in [4.78, 5) is 10.2. The number of hydrogen-bond donors (Lipinski definition) is 0. The molecule has 4 heteroatoms. The molecule has 3 heterocycles. The minimum atomic E-state index is 0.702. The van der Waals surface area contributed by atoms with Gasteiger partial charge in [0.25, 0.3) is 0 Å². The highest BCUT2D eigenvalue weighted by Crippen LogP contribution is 2.41. The standard InChI is InChI=1S/C52H34N4.C7H8/c1-4-13-36(14-5-1)45-34-46(37-15-6-2-7-16-37)54-52(53-45)41-18-12-17-40(33-41)35-25-28-43(29-26-35)56-47-22-11-10-21-44(47)50-48(56)30-27-38-23-24-39-31-32-55(51(39)49(38)50)42-19-8-3-9-20-42;1-7-5-3-2-4-6-7/h1-34H;2-6H,1H3. The number of fused-ring (bicyclic) bond motifs is 7. The van der Waals surface area contributed by atoms with Gasteiger partial charge in [-0.05, 0) is 78.0 Å². The summed E-state index contributed by atoms with van der Waals surface area (Å²) in [7, 11) is 0. The van der Waals surface area contributed by atoms with Crippen molar-refractivity contribution >= 4 is 43.5 Å². The molecule has 0 saturated carbocycles. The van der Waals surface area contributed by atoms with Crippen LogP contribution in [0.2, 0.25) is 0 Å². The second-order valence-electron chi connectivity index (χ2n) is 15.9. The van der Waals surface area contributed by atoms with Crippen LogP contribution in [0.15, 0.2) is 237 Å². The van der Waals surface area contributed by atoms with Gasteiger partial charge in [0.2, 0.25) is 0 Å². The van der Waals surface area contributed by atoms with Crippen molar-refractivity contribution in [1.82, 2.24) is 19.1 Å². The Bertz CT molecular complexity index is 3480. The minimum absolute atomic E-state index is 0.702. The van der Waals surface area contributed by atoms with Crippen LogP contribution in [0.3, 0.4) is 0 Å². The van der Waals surface area contributed by atoms with Crippen molar-refractivity contribution in [3.8, 4) is 56.4 Å². The molecule has 0 amide bonds.